The Morgan fingerprint density at radius 1 is 1.39 bits per heavy atom. The number of carbonyl (C=O) groups is 1. The third-order valence-electron chi connectivity index (χ3n) is 3.75. The zero-order valence-corrected chi connectivity index (χ0v) is 11.0. The minimum Gasteiger partial charge on any atom is -0.448 e. The van der Waals surface area contributed by atoms with E-state index >= 15 is 0 Å². The van der Waals surface area contributed by atoms with Gasteiger partial charge in [0.1, 0.15) is 6.29 Å². The second-order valence-electron chi connectivity index (χ2n) is 5.09. The maximum atomic E-state index is 10.6. The van der Waals surface area contributed by atoms with Crippen molar-refractivity contribution in [2.45, 2.75) is 44.3 Å². The molecule has 0 N–H and O–H groups in total. The Balaban J connectivity index is 1.92. The fourth-order valence-corrected chi connectivity index (χ4v) is 2.79. The van der Waals surface area contributed by atoms with Gasteiger partial charge in [-0.3, -0.25) is 0 Å². The van der Waals surface area contributed by atoms with Crippen molar-refractivity contribution in [2.24, 2.45) is 0 Å². The predicted octanol–water partition coefficient (Wildman–Crippen LogP) is 3.68. The first-order valence-electron chi connectivity index (χ1n) is 6.29. The summed E-state index contributed by atoms with van der Waals surface area (Å²) in [5.74, 6) is 1.15. The van der Waals surface area contributed by atoms with Crippen molar-refractivity contribution in [3.63, 3.8) is 0 Å². The van der Waals surface area contributed by atoms with Crippen molar-refractivity contribution in [1.82, 2.24) is 0 Å². The Kier molecular flexibility index (Phi) is 2.74. The summed E-state index contributed by atoms with van der Waals surface area (Å²) in [7, 11) is 0. The van der Waals surface area contributed by atoms with Crippen LogP contribution in [0, 0.1) is 0 Å². The van der Waals surface area contributed by atoms with Gasteiger partial charge in [0, 0.05) is 30.4 Å². The van der Waals surface area contributed by atoms with Crippen molar-refractivity contribution in [3.8, 4) is 11.5 Å². The highest BCUT2D eigenvalue weighted by molar-refractivity contribution is 6.31. The molecule has 1 aromatic carbocycles. The number of aldehydes is 1. The van der Waals surface area contributed by atoms with E-state index < -0.39 is 5.79 Å². The quantitative estimate of drug-likeness (QED) is 0.783. The third kappa shape index (κ3) is 1.77. The molecule has 4 heteroatoms. The fraction of sp³-hybridized carbons (Fsp3) is 0.500. The van der Waals surface area contributed by atoms with Gasteiger partial charge in [-0.15, -0.1) is 0 Å². The average molecular weight is 267 g/mol. The summed E-state index contributed by atoms with van der Waals surface area (Å²) >= 11 is 6.24. The summed E-state index contributed by atoms with van der Waals surface area (Å²) in [6.45, 7) is 1.98. The average Bonchev–Trinajstić information content (AvgIpc) is 2.66. The molecule has 96 valence electrons. The lowest BCUT2D eigenvalue weighted by atomic mass is 9.91. The van der Waals surface area contributed by atoms with E-state index in [0.29, 0.717) is 11.4 Å². The number of fused-ring (bicyclic) bond motifs is 1. The monoisotopic (exact) mass is 266 g/mol. The van der Waals surface area contributed by atoms with Gasteiger partial charge in [-0.1, -0.05) is 18.5 Å². The smallest absolute Gasteiger partial charge is 0.251 e. The molecular formula is C14H15ClO3. The highest BCUT2D eigenvalue weighted by Crippen LogP contribution is 2.50. The third-order valence-corrected chi connectivity index (χ3v) is 4.08. The van der Waals surface area contributed by atoms with Gasteiger partial charge in [0.2, 0.25) is 0 Å². The lowest BCUT2D eigenvalue weighted by Crippen LogP contribution is -2.45. The van der Waals surface area contributed by atoms with Crippen LogP contribution in [0.15, 0.2) is 12.1 Å². The summed E-state index contributed by atoms with van der Waals surface area (Å²) in [6, 6.07) is 3.72. The number of rotatable bonds is 3. The van der Waals surface area contributed by atoms with Crippen LogP contribution in [0.1, 0.15) is 44.1 Å². The van der Waals surface area contributed by atoms with Gasteiger partial charge in [0.25, 0.3) is 5.79 Å². The zero-order chi connectivity index (χ0) is 12.8. The minimum atomic E-state index is -0.432. The summed E-state index contributed by atoms with van der Waals surface area (Å²) in [5, 5.41) is 0.642. The van der Waals surface area contributed by atoms with Crippen molar-refractivity contribution in [2.75, 3.05) is 0 Å². The van der Waals surface area contributed by atoms with E-state index in [2.05, 4.69) is 0 Å². The Morgan fingerprint density at radius 3 is 2.61 bits per heavy atom. The number of ether oxygens (including phenoxy) is 2. The molecule has 2 aliphatic rings. The largest absolute Gasteiger partial charge is 0.448 e. The maximum absolute atomic E-state index is 10.6. The van der Waals surface area contributed by atoms with Gasteiger partial charge in [-0.2, -0.15) is 0 Å². The molecule has 1 aromatic rings. The standard InChI is InChI=1S/C14H15ClO3/c1-9(3-6-16)10-7-12-13(8-11(10)15)18-14(17-12)4-2-5-14/h6-9H,2-5H2,1H3. The minimum absolute atomic E-state index is 0.0989. The first-order chi connectivity index (χ1) is 8.63. The molecule has 1 fully saturated rings. The SMILES string of the molecule is CC(CC=O)c1cc2c(cc1Cl)OC1(CCC1)O2. The molecule has 3 nitrogen and oxygen atoms in total. The summed E-state index contributed by atoms with van der Waals surface area (Å²) in [5.41, 5.74) is 0.947. The number of halogens is 1. The highest BCUT2D eigenvalue weighted by Gasteiger charge is 2.47. The van der Waals surface area contributed by atoms with Crippen LogP contribution < -0.4 is 9.47 Å². The number of carbonyl (C=O) groups excluding carboxylic acids is 1. The van der Waals surface area contributed by atoms with Crippen LogP contribution in [-0.4, -0.2) is 12.1 Å². The molecule has 1 unspecified atom stereocenters. The lowest BCUT2D eigenvalue weighted by Gasteiger charge is -2.35. The van der Waals surface area contributed by atoms with E-state index in [1.807, 2.05) is 13.0 Å². The maximum Gasteiger partial charge on any atom is 0.251 e. The first kappa shape index (κ1) is 11.8. The normalized spacial score (nSPS) is 20.6. The van der Waals surface area contributed by atoms with Crippen LogP contribution in [-0.2, 0) is 4.79 Å². The molecule has 0 aromatic heterocycles. The van der Waals surface area contributed by atoms with Crippen molar-refractivity contribution in [1.29, 1.82) is 0 Å². The van der Waals surface area contributed by atoms with Gasteiger partial charge in [0.15, 0.2) is 11.5 Å². The molecular weight excluding hydrogens is 252 g/mol. The molecule has 0 radical (unpaired) electrons. The van der Waals surface area contributed by atoms with Gasteiger partial charge in [-0.25, -0.2) is 0 Å². The predicted molar refractivity (Wildman–Crippen MR) is 68.4 cm³/mol. The summed E-state index contributed by atoms with van der Waals surface area (Å²) < 4.78 is 11.7. The molecule has 1 aliphatic carbocycles. The van der Waals surface area contributed by atoms with E-state index in [0.717, 1.165) is 42.6 Å². The van der Waals surface area contributed by atoms with Crippen LogP contribution in [0.4, 0.5) is 0 Å². The molecule has 0 saturated heterocycles. The van der Waals surface area contributed by atoms with Gasteiger partial charge < -0.3 is 14.3 Å². The number of benzene rings is 1. The number of hydrogen-bond acceptors (Lipinski definition) is 3. The topological polar surface area (TPSA) is 35.5 Å². The Bertz CT molecular complexity index is 494. The van der Waals surface area contributed by atoms with E-state index in [4.69, 9.17) is 21.1 Å². The molecule has 1 spiro atoms. The van der Waals surface area contributed by atoms with Crippen LogP contribution in [0.3, 0.4) is 0 Å². The van der Waals surface area contributed by atoms with Crippen molar-refractivity contribution >= 4 is 17.9 Å². The van der Waals surface area contributed by atoms with Crippen molar-refractivity contribution < 1.29 is 14.3 Å². The molecule has 1 heterocycles. The van der Waals surface area contributed by atoms with Gasteiger partial charge in [-0.05, 0) is 24.0 Å². The Morgan fingerprint density at radius 2 is 2.06 bits per heavy atom. The van der Waals surface area contributed by atoms with E-state index in [1.165, 1.54) is 0 Å². The summed E-state index contributed by atoms with van der Waals surface area (Å²) in [4.78, 5) is 10.6. The van der Waals surface area contributed by atoms with Gasteiger partial charge >= 0.3 is 0 Å². The molecule has 18 heavy (non-hydrogen) atoms. The molecule has 0 amide bonds. The molecule has 0 bridgehead atoms. The zero-order valence-electron chi connectivity index (χ0n) is 10.2. The summed E-state index contributed by atoms with van der Waals surface area (Å²) in [6.07, 6.45) is 4.37. The van der Waals surface area contributed by atoms with Crippen LogP contribution >= 0.6 is 11.6 Å². The van der Waals surface area contributed by atoms with E-state index in [9.17, 15) is 4.79 Å². The van der Waals surface area contributed by atoms with Gasteiger partial charge in [0.05, 0.1) is 0 Å². The molecule has 1 saturated carbocycles. The second kappa shape index (κ2) is 4.16. The molecule has 1 aliphatic heterocycles. The van der Waals surface area contributed by atoms with Crippen LogP contribution in [0.2, 0.25) is 5.02 Å². The second-order valence-corrected chi connectivity index (χ2v) is 5.50. The van der Waals surface area contributed by atoms with Crippen LogP contribution in [0.5, 0.6) is 11.5 Å². The first-order valence-corrected chi connectivity index (χ1v) is 6.66. The van der Waals surface area contributed by atoms with E-state index in [-0.39, 0.29) is 5.92 Å². The van der Waals surface area contributed by atoms with Crippen LogP contribution in [0.25, 0.3) is 0 Å². The highest BCUT2D eigenvalue weighted by atomic mass is 35.5. The van der Waals surface area contributed by atoms with E-state index in [1.54, 1.807) is 6.07 Å². The molecule has 3 rings (SSSR count). The van der Waals surface area contributed by atoms with Crippen molar-refractivity contribution in [3.05, 3.63) is 22.7 Å². The Labute approximate surface area is 111 Å². The lowest BCUT2D eigenvalue weighted by molar-refractivity contribution is -0.138. The number of hydrogen-bond donors (Lipinski definition) is 0. The fourth-order valence-electron chi connectivity index (χ4n) is 2.45. The Hall–Kier alpha value is -1.22. The molecule has 1 atom stereocenters.